The van der Waals surface area contributed by atoms with Crippen molar-refractivity contribution in [2.24, 2.45) is 0 Å². The molecule has 0 fully saturated rings. The van der Waals surface area contributed by atoms with Crippen LogP contribution in [0.4, 0.5) is 9.18 Å². The average molecular weight is 448 g/mol. The van der Waals surface area contributed by atoms with Gasteiger partial charge in [0.25, 0.3) is 0 Å². The van der Waals surface area contributed by atoms with Gasteiger partial charge in [-0.05, 0) is 55.8 Å². The number of amides is 3. The molecule has 3 amide bonds. The van der Waals surface area contributed by atoms with Gasteiger partial charge in [-0.1, -0.05) is 19.1 Å². The molecule has 2 heterocycles. The van der Waals surface area contributed by atoms with Gasteiger partial charge in [-0.15, -0.1) is 11.3 Å². The molecular weight excluding hydrogens is 417 g/mol. The SMILES string of the molecule is CCNC(=O)N(CC(=O)N1CCc2sccc2[C@H]1COc1ccccc1F)[C@@H](C)CC. The Morgan fingerprint density at radius 3 is 2.81 bits per heavy atom. The summed E-state index contributed by atoms with van der Waals surface area (Å²) < 4.78 is 19.8. The van der Waals surface area contributed by atoms with Crippen LogP contribution in [-0.2, 0) is 11.2 Å². The third-order valence-corrected chi connectivity index (χ3v) is 6.66. The Labute approximate surface area is 187 Å². The molecule has 6 nitrogen and oxygen atoms in total. The molecule has 0 unspecified atom stereocenters. The highest BCUT2D eigenvalue weighted by molar-refractivity contribution is 7.10. The minimum Gasteiger partial charge on any atom is -0.488 e. The van der Waals surface area contributed by atoms with Crippen molar-refractivity contribution in [2.75, 3.05) is 26.2 Å². The van der Waals surface area contributed by atoms with E-state index in [1.54, 1.807) is 39.3 Å². The molecule has 2 aromatic rings. The van der Waals surface area contributed by atoms with Crippen LogP contribution in [0.2, 0.25) is 0 Å². The number of nitrogens with zero attached hydrogens (tertiary/aromatic N) is 2. The number of para-hydroxylation sites is 1. The third kappa shape index (κ3) is 5.36. The normalized spacial score (nSPS) is 16.4. The standard InChI is InChI=1S/C23H30FN3O3S/c1-4-16(3)27(23(29)25-5-2)14-22(28)26-12-10-21-17(11-13-31-21)19(26)15-30-20-9-7-6-8-18(20)24/h6-9,11,13,16,19H,4-5,10,12,14-15H2,1-3H3,(H,25,29)/t16-,19+/m0/s1. The lowest BCUT2D eigenvalue weighted by molar-refractivity contribution is -0.136. The molecule has 1 aromatic carbocycles. The molecule has 0 radical (unpaired) electrons. The van der Waals surface area contributed by atoms with Gasteiger partial charge in [0.2, 0.25) is 5.91 Å². The Morgan fingerprint density at radius 1 is 1.32 bits per heavy atom. The molecule has 0 saturated heterocycles. The molecule has 8 heteroatoms. The van der Waals surface area contributed by atoms with Crippen molar-refractivity contribution in [3.8, 4) is 5.75 Å². The third-order valence-electron chi connectivity index (χ3n) is 5.67. The summed E-state index contributed by atoms with van der Waals surface area (Å²) in [5.41, 5.74) is 1.04. The maximum Gasteiger partial charge on any atom is 0.318 e. The number of fused-ring (bicyclic) bond motifs is 1. The first-order valence-corrected chi connectivity index (χ1v) is 11.6. The maximum absolute atomic E-state index is 14.0. The summed E-state index contributed by atoms with van der Waals surface area (Å²) in [7, 11) is 0. The van der Waals surface area contributed by atoms with E-state index < -0.39 is 5.82 Å². The molecule has 1 aromatic heterocycles. The highest BCUT2D eigenvalue weighted by atomic mass is 32.1. The first kappa shape index (κ1) is 23.1. The Hall–Kier alpha value is -2.61. The van der Waals surface area contributed by atoms with Crippen LogP contribution >= 0.6 is 11.3 Å². The molecular formula is C23H30FN3O3S. The Morgan fingerprint density at radius 2 is 2.10 bits per heavy atom. The first-order chi connectivity index (χ1) is 15.0. The largest absolute Gasteiger partial charge is 0.488 e. The van der Waals surface area contributed by atoms with E-state index in [4.69, 9.17) is 4.74 Å². The number of ether oxygens (including phenoxy) is 1. The van der Waals surface area contributed by atoms with Gasteiger partial charge in [-0.3, -0.25) is 4.79 Å². The molecule has 168 valence electrons. The van der Waals surface area contributed by atoms with E-state index in [9.17, 15) is 14.0 Å². The van der Waals surface area contributed by atoms with E-state index in [-0.39, 0.29) is 42.9 Å². The summed E-state index contributed by atoms with van der Waals surface area (Å²) in [5, 5.41) is 4.81. The molecule has 3 rings (SSSR count). The first-order valence-electron chi connectivity index (χ1n) is 10.7. The Balaban J connectivity index is 1.79. The van der Waals surface area contributed by atoms with Crippen molar-refractivity contribution in [3.05, 3.63) is 52.0 Å². The zero-order valence-electron chi connectivity index (χ0n) is 18.3. The molecule has 1 aliphatic heterocycles. The second-order valence-electron chi connectivity index (χ2n) is 7.61. The van der Waals surface area contributed by atoms with Crippen LogP contribution < -0.4 is 10.1 Å². The number of carbonyl (C=O) groups is 2. The maximum atomic E-state index is 14.0. The van der Waals surface area contributed by atoms with Gasteiger partial charge in [-0.2, -0.15) is 0 Å². The van der Waals surface area contributed by atoms with Crippen LogP contribution in [0.1, 0.15) is 43.7 Å². The van der Waals surface area contributed by atoms with E-state index in [0.717, 1.165) is 18.4 Å². The van der Waals surface area contributed by atoms with Gasteiger partial charge >= 0.3 is 6.03 Å². The van der Waals surface area contributed by atoms with Crippen molar-refractivity contribution >= 4 is 23.3 Å². The quantitative estimate of drug-likeness (QED) is 0.659. The number of rotatable bonds is 8. The average Bonchev–Trinajstić information content (AvgIpc) is 3.25. The van der Waals surface area contributed by atoms with E-state index >= 15 is 0 Å². The fourth-order valence-corrected chi connectivity index (χ4v) is 4.67. The predicted octanol–water partition coefficient (Wildman–Crippen LogP) is 4.22. The predicted molar refractivity (Wildman–Crippen MR) is 120 cm³/mol. The highest BCUT2D eigenvalue weighted by Crippen LogP contribution is 2.34. The van der Waals surface area contributed by atoms with Crippen molar-refractivity contribution < 1.29 is 18.7 Å². The van der Waals surface area contributed by atoms with Gasteiger partial charge in [0.05, 0.1) is 6.04 Å². The summed E-state index contributed by atoms with van der Waals surface area (Å²) >= 11 is 1.66. The molecule has 0 saturated carbocycles. The summed E-state index contributed by atoms with van der Waals surface area (Å²) in [5.74, 6) is -0.396. The van der Waals surface area contributed by atoms with Crippen molar-refractivity contribution in [2.45, 2.75) is 45.7 Å². The zero-order chi connectivity index (χ0) is 22.4. The summed E-state index contributed by atoms with van der Waals surface area (Å²) in [4.78, 5) is 30.4. The molecule has 0 spiro atoms. The molecule has 1 N–H and O–H groups in total. The topological polar surface area (TPSA) is 61.9 Å². The Bertz CT molecular complexity index is 904. The lowest BCUT2D eigenvalue weighted by Crippen LogP contribution is -2.52. The summed E-state index contributed by atoms with van der Waals surface area (Å²) in [6.07, 6.45) is 1.51. The molecule has 2 atom stereocenters. The fourth-order valence-electron chi connectivity index (χ4n) is 3.74. The van der Waals surface area contributed by atoms with Gasteiger partial charge in [0.15, 0.2) is 11.6 Å². The van der Waals surface area contributed by atoms with E-state index in [1.165, 1.54) is 10.9 Å². The van der Waals surface area contributed by atoms with Gasteiger partial charge < -0.3 is 19.9 Å². The Kier molecular flexibility index (Phi) is 7.90. The number of carbonyl (C=O) groups excluding carboxylic acids is 2. The van der Waals surface area contributed by atoms with Crippen LogP contribution in [-0.4, -0.2) is 54.0 Å². The van der Waals surface area contributed by atoms with Crippen molar-refractivity contribution in [1.82, 2.24) is 15.1 Å². The van der Waals surface area contributed by atoms with Gasteiger partial charge in [-0.25, -0.2) is 9.18 Å². The van der Waals surface area contributed by atoms with Crippen LogP contribution in [0.5, 0.6) is 5.75 Å². The number of nitrogens with one attached hydrogen (secondary N) is 1. The minimum absolute atomic E-state index is 0.00346. The zero-order valence-corrected chi connectivity index (χ0v) is 19.1. The van der Waals surface area contributed by atoms with E-state index in [0.29, 0.717) is 13.1 Å². The number of urea groups is 1. The second kappa shape index (κ2) is 10.6. The molecule has 0 aliphatic carbocycles. The highest BCUT2D eigenvalue weighted by Gasteiger charge is 2.34. The number of hydrogen-bond donors (Lipinski definition) is 1. The van der Waals surface area contributed by atoms with Crippen LogP contribution in [0.15, 0.2) is 35.7 Å². The van der Waals surface area contributed by atoms with Crippen LogP contribution in [0.25, 0.3) is 0 Å². The number of halogens is 1. The monoisotopic (exact) mass is 447 g/mol. The lowest BCUT2D eigenvalue weighted by Gasteiger charge is -2.38. The number of hydrogen-bond acceptors (Lipinski definition) is 4. The van der Waals surface area contributed by atoms with E-state index in [2.05, 4.69) is 5.32 Å². The van der Waals surface area contributed by atoms with Crippen molar-refractivity contribution in [3.63, 3.8) is 0 Å². The van der Waals surface area contributed by atoms with Gasteiger partial charge in [0.1, 0.15) is 13.2 Å². The number of benzene rings is 1. The molecule has 0 bridgehead atoms. The smallest absolute Gasteiger partial charge is 0.318 e. The van der Waals surface area contributed by atoms with Crippen LogP contribution in [0.3, 0.4) is 0 Å². The summed E-state index contributed by atoms with van der Waals surface area (Å²) in [6.45, 7) is 6.98. The van der Waals surface area contributed by atoms with Crippen LogP contribution in [0, 0.1) is 5.82 Å². The minimum atomic E-state index is -0.430. The van der Waals surface area contributed by atoms with Crippen molar-refractivity contribution in [1.29, 1.82) is 0 Å². The number of thiophene rings is 1. The van der Waals surface area contributed by atoms with Gasteiger partial charge in [0, 0.05) is 24.0 Å². The summed E-state index contributed by atoms with van der Waals surface area (Å²) in [6, 6.07) is 7.64. The molecule has 31 heavy (non-hydrogen) atoms. The lowest BCUT2D eigenvalue weighted by atomic mass is 10.00. The second-order valence-corrected chi connectivity index (χ2v) is 8.61. The fraction of sp³-hybridized carbons (Fsp3) is 0.478. The molecule has 1 aliphatic rings. The van der Waals surface area contributed by atoms with E-state index in [1.807, 2.05) is 32.2 Å².